The maximum atomic E-state index is 13.2. The lowest BCUT2D eigenvalue weighted by Gasteiger charge is -2.21. The number of phosphoric acid groups is 2. The molecule has 108 heavy (non-hydrogen) atoms. The van der Waals surface area contributed by atoms with Crippen molar-refractivity contribution >= 4 is 39.5 Å². The highest BCUT2D eigenvalue weighted by molar-refractivity contribution is 7.47. The Bertz CT molecular complexity index is 2070. The molecule has 0 spiro atoms. The summed E-state index contributed by atoms with van der Waals surface area (Å²) >= 11 is 0. The number of rotatable bonds is 88. The lowest BCUT2D eigenvalue weighted by atomic mass is 10.00. The van der Waals surface area contributed by atoms with Crippen LogP contribution in [0.25, 0.3) is 0 Å². The van der Waals surface area contributed by atoms with Gasteiger partial charge in [-0.05, 0) is 37.5 Å². The minimum atomic E-state index is -4.97. The maximum absolute atomic E-state index is 13.2. The highest BCUT2D eigenvalue weighted by atomic mass is 31.2. The van der Waals surface area contributed by atoms with Crippen LogP contribution < -0.4 is 0 Å². The fraction of sp³-hybridized carbons (Fsp3) is 0.955. The van der Waals surface area contributed by atoms with Crippen molar-refractivity contribution in [2.75, 3.05) is 39.6 Å². The summed E-state index contributed by atoms with van der Waals surface area (Å²) in [5.74, 6) is -0.563. The maximum Gasteiger partial charge on any atom is 0.472 e. The topological polar surface area (TPSA) is 237 Å². The molecule has 0 saturated carbocycles. The van der Waals surface area contributed by atoms with Crippen LogP contribution in [0, 0.1) is 11.8 Å². The first-order valence-corrected chi connectivity index (χ1v) is 49.0. The number of hydrogen-bond donors (Lipinski definition) is 3. The van der Waals surface area contributed by atoms with Crippen LogP contribution in [0.1, 0.15) is 478 Å². The first kappa shape index (κ1) is 106. The molecule has 0 aliphatic carbocycles. The zero-order valence-electron chi connectivity index (χ0n) is 71.2. The van der Waals surface area contributed by atoms with Gasteiger partial charge in [0, 0.05) is 25.7 Å². The van der Waals surface area contributed by atoms with E-state index < -0.39 is 97.5 Å². The molecule has 3 unspecified atom stereocenters. The summed E-state index contributed by atoms with van der Waals surface area (Å²) in [4.78, 5) is 73.3. The van der Waals surface area contributed by atoms with E-state index in [4.69, 9.17) is 37.0 Å². The van der Waals surface area contributed by atoms with Gasteiger partial charge in [0.25, 0.3) is 0 Å². The van der Waals surface area contributed by atoms with Crippen molar-refractivity contribution in [3.05, 3.63) is 0 Å². The van der Waals surface area contributed by atoms with Crippen molar-refractivity contribution in [1.29, 1.82) is 0 Å². The van der Waals surface area contributed by atoms with Crippen LogP contribution in [0.3, 0.4) is 0 Å². The average Bonchev–Trinajstić information content (AvgIpc) is 0.898. The molecule has 3 N–H and O–H groups in total. The van der Waals surface area contributed by atoms with Gasteiger partial charge in [-0.3, -0.25) is 37.3 Å². The second-order valence-corrected chi connectivity index (χ2v) is 35.6. The van der Waals surface area contributed by atoms with E-state index in [-0.39, 0.29) is 25.7 Å². The minimum absolute atomic E-state index is 0.108. The second-order valence-electron chi connectivity index (χ2n) is 32.7. The highest BCUT2D eigenvalue weighted by Crippen LogP contribution is 2.45. The number of carbonyl (C=O) groups excluding carboxylic acids is 4. The number of ether oxygens (including phenoxy) is 4. The molecule has 0 amide bonds. The lowest BCUT2D eigenvalue weighted by Crippen LogP contribution is -2.30. The molecular formula is C89H174O17P2. The zero-order chi connectivity index (χ0) is 79.2. The normalized spacial score (nSPS) is 14.0. The van der Waals surface area contributed by atoms with E-state index in [1.807, 2.05) is 0 Å². The van der Waals surface area contributed by atoms with Crippen LogP contribution in [-0.4, -0.2) is 96.7 Å². The molecule has 19 heteroatoms. The third kappa shape index (κ3) is 80.7. The molecule has 0 radical (unpaired) electrons. The summed E-state index contributed by atoms with van der Waals surface area (Å²) in [5.41, 5.74) is 0. The van der Waals surface area contributed by atoms with Gasteiger partial charge in [-0.25, -0.2) is 9.13 Å². The molecule has 0 aliphatic rings. The van der Waals surface area contributed by atoms with E-state index in [0.29, 0.717) is 25.7 Å². The molecule has 0 aromatic carbocycles. The average molecular weight is 1580 g/mol. The number of unbranched alkanes of at least 4 members (excludes halogenated alkanes) is 57. The van der Waals surface area contributed by atoms with Gasteiger partial charge in [0.05, 0.1) is 26.4 Å². The number of carbonyl (C=O) groups is 4. The molecule has 17 nitrogen and oxygen atoms in total. The Balaban J connectivity index is 5.22. The molecule has 0 bridgehead atoms. The summed E-state index contributed by atoms with van der Waals surface area (Å²) in [6.45, 7) is 9.68. The fourth-order valence-corrected chi connectivity index (χ4v) is 15.5. The minimum Gasteiger partial charge on any atom is -0.462 e. The number of hydrogen-bond acceptors (Lipinski definition) is 15. The predicted octanol–water partition coefficient (Wildman–Crippen LogP) is 27.4. The predicted molar refractivity (Wildman–Crippen MR) is 446 cm³/mol. The van der Waals surface area contributed by atoms with Crippen molar-refractivity contribution < 1.29 is 80.2 Å². The molecule has 0 aromatic rings. The van der Waals surface area contributed by atoms with Crippen LogP contribution in [-0.2, 0) is 65.4 Å². The van der Waals surface area contributed by atoms with Crippen LogP contribution in [0.5, 0.6) is 0 Å². The Morgan fingerprint density at radius 3 is 0.704 bits per heavy atom. The van der Waals surface area contributed by atoms with Crippen LogP contribution >= 0.6 is 15.6 Å². The van der Waals surface area contributed by atoms with Gasteiger partial charge in [-0.15, -0.1) is 0 Å². The van der Waals surface area contributed by atoms with E-state index in [0.717, 1.165) is 108 Å². The van der Waals surface area contributed by atoms with Crippen molar-refractivity contribution in [3.8, 4) is 0 Å². The Kier molecular flexibility index (Phi) is 78.8. The monoisotopic (exact) mass is 1580 g/mol. The number of esters is 4. The molecule has 0 heterocycles. The Hall–Kier alpha value is -1.94. The van der Waals surface area contributed by atoms with Gasteiger partial charge in [0.1, 0.15) is 19.3 Å². The Morgan fingerprint density at radius 2 is 0.472 bits per heavy atom. The molecule has 0 saturated heterocycles. The molecule has 0 fully saturated rings. The van der Waals surface area contributed by atoms with Gasteiger partial charge in [0.2, 0.25) is 0 Å². The molecular weight excluding hydrogens is 1400 g/mol. The second kappa shape index (κ2) is 80.3. The molecule has 0 aliphatic heterocycles. The Morgan fingerprint density at radius 1 is 0.269 bits per heavy atom. The summed E-state index contributed by atoms with van der Waals surface area (Å²) in [5, 5.41) is 10.7. The Labute approximate surface area is 664 Å². The third-order valence-corrected chi connectivity index (χ3v) is 23.2. The fourth-order valence-electron chi connectivity index (χ4n) is 13.9. The summed E-state index contributed by atoms with van der Waals surface area (Å²) < 4.78 is 69.0. The van der Waals surface area contributed by atoms with Crippen molar-refractivity contribution in [2.45, 2.75) is 496 Å². The van der Waals surface area contributed by atoms with E-state index in [9.17, 15) is 43.2 Å². The lowest BCUT2D eigenvalue weighted by molar-refractivity contribution is -0.161. The number of aliphatic hydroxyl groups is 1. The van der Waals surface area contributed by atoms with Gasteiger partial charge >= 0.3 is 39.5 Å². The van der Waals surface area contributed by atoms with Gasteiger partial charge < -0.3 is 33.8 Å². The van der Waals surface area contributed by atoms with Gasteiger partial charge in [-0.2, -0.15) is 0 Å². The first-order chi connectivity index (χ1) is 52.4. The number of phosphoric ester groups is 2. The van der Waals surface area contributed by atoms with Gasteiger partial charge in [0.15, 0.2) is 12.2 Å². The van der Waals surface area contributed by atoms with E-state index in [1.165, 1.54) is 289 Å². The standard InChI is InChI=1S/C89H174O17P2/c1-7-10-12-14-16-18-20-22-24-26-28-29-30-31-33-37-42-46-50-54-62-67-73-88(93)105-84(77-99-86(91)71-65-59-52-48-44-40-38-34-35-39-43-47-51-57-63-69-81(4)5)79-103-107(95,96)101-75-83(90)76-102-108(97,98)104-80-85(78-100-87(92)72-66-60-56-55-58-64-70-82(6)9-3)106-89(94)74-68-61-53-49-45-41-36-32-27-25-23-21-19-17-15-13-11-8-2/h81-85,90H,7-80H2,1-6H3,(H,95,96)(H,97,98)/t82?,83-,84-,85-/m1/s1. The van der Waals surface area contributed by atoms with E-state index in [2.05, 4.69) is 41.5 Å². The molecule has 0 aromatic heterocycles. The third-order valence-electron chi connectivity index (χ3n) is 21.3. The van der Waals surface area contributed by atoms with Crippen molar-refractivity contribution in [1.82, 2.24) is 0 Å². The molecule has 642 valence electrons. The van der Waals surface area contributed by atoms with Crippen LogP contribution in [0.15, 0.2) is 0 Å². The summed E-state index contributed by atoms with van der Waals surface area (Å²) in [7, 11) is -9.93. The van der Waals surface area contributed by atoms with Crippen molar-refractivity contribution in [2.24, 2.45) is 11.8 Å². The van der Waals surface area contributed by atoms with Gasteiger partial charge in [-0.1, -0.05) is 427 Å². The van der Waals surface area contributed by atoms with E-state index >= 15 is 0 Å². The van der Waals surface area contributed by atoms with Crippen LogP contribution in [0.4, 0.5) is 0 Å². The first-order valence-electron chi connectivity index (χ1n) is 46.0. The molecule has 0 rings (SSSR count). The zero-order valence-corrected chi connectivity index (χ0v) is 73.0. The highest BCUT2D eigenvalue weighted by Gasteiger charge is 2.31. The van der Waals surface area contributed by atoms with E-state index in [1.54, 1.807) is 0 Å². The summed E-state index contributed by atoms with van der Waals surface area (Å²) in [6.07, 6.45) is 73.8. The smallest absolute Gasteiger partial charge is 0.462 e. The largest absolute Gasteiger partial charge is 0.472 e. The summed E-state index contributed by atoms with van der Waals surface area (Å²) in [6, 6.07) is 0. The SMILES string of the molecule is CCCCCCCCCCCCCCCCCCCCCCCCC(=O)O[C@H](COC(=O)CCCCCCCCCCCCCCCCCC(C)C)COP(=O)(O)OC[C@@H](O)COP(=O)(O)OC[C@@H](COC(=O)CCCCCCCCC(C)CC)OC(=O)CCCCCCCCCCCCCCCCCCCC. The van der Waals surface area contributed by atoms with Crippen molar-refractivity contribution in [3.63, 3.8) is 0 Å². The van der Waals surface area contributed by atoms with Crippen LogP contribution in [0.2, 0.25) is 0 Å². The number of aliphatic hydroxyl groups excluding tert-OH is 1. The molecule has 6 atom stereocenters. The quantitative estimate of drug-likeness (QED) is 0.0222.